The van der Waals surface area contributed by atoms with Gasteiger partial charge >= 0.3 is 5.97 Å². The van der Waals surface area contributed by atoms with Crippen molar-refractivity contribution in [3.63, 3.8) is 0 Å². The van der Waals surface area contributed by atoms with Crippen molar-refractivity contribution in [3.8, 4) is 0 Å². The monoisotopic (exact) mass is 268 g/mol. The minimum absolute atomic E-state index is 0.297. The minimum Gasteiger partial charge on any atom is -0.480 e. The predicted octanol–water partition coefficient (Wildman–Crippen LogP) is 2.09. The highest BCUT2D eigenvalue weighted by atomic mass is 16.4. The Bertz CT molecular complexity index is 313. The number of hydrogen-bond acceptors (Lipinski definition) is 3. The lowest BCUT2D eigenvalue weighted by Crippen LogP contribution is -2.56. The maximum atomic E-state index is 11.8. The van der Waals surface area contributed by atoms with E-state index >= 15 is 0 Å². The van der Waals surface area contributed by atoms with Crippen LogP contribution in [-0.4, -0.2) is 47.2 Å². The molecule has 0 amide bonds. The molecular weight excluding hydrogens is 240 g/mol. The van der Waals surface area contributed by atoms with Gasteiger partial charge in [0, 0.05) is 6.04 Å². The molecule has 19 heavy (non-hydrogen) atoms. The average molecular weight is 268 g/mol. The van der Waals surface area contributed by atoms with Crippen LogP contribution in [0.3, 0.4) is 0 Å². The van der Waals surface area contributed by atoms with Crippen molar-refractivity contribution >= 4 is 5.97 Å². The van der Waals surface area contributed by atoms with Crippen molar-refractivity contribution in [2.45, 2.75) is 64.0 Å². The molecule has 2 atom stereocenters. The van der Waals surface area contributed by atoms with E-state index in [1.807, 2.05) is 0 Å². The van der Waals surface area contributed by atoms with E-state index in [4.69, 9.17) is 0 Å². The molecular formula is C15H28N2O2. The third-order valence-corrected chi connectivity index (χ3v) is 4.93. The van der Waals surface area contributed by atoms with Crippen molar-refractivity contribution in [1.29, 1.82) is 0 Å². The fourth-order valence-corrected chi connectivity index (χ4v) is 3.47. The number of nitrogens with zero attached hydrogens (tertiary/aromatic N) is 1. The van der Waals surface area contributed by atoms with E-state index in [1.54, 1.807) is 0 Å². The molecule has 4 heteroatoms. The van der Waals surface area contributed by atoms with Gasteiger partial charge < -0.3 is 10.0 Å². The van der Waals surface area contributed by atoms with Gasteiger partial charge in [0.2, 0.25) is 0 Å². The van der Waals surface area contributed by atoms with Crippen molar-refractivity contribution in [2.75, 3.05) is 19.6 Å². The summed E-state index contributed by atoms with van der Waals surface area (Å²) < 4.78 is 0. The van der Waals surface area contributed by atoms with Gasteiger partial charge in [-0.05, 0) is 57.7 Å². The van der Waals surface area contributed by atoms with E-state index in [0.717, 1.165) is 58.2 Å². The maximum Gasteiger partial charge on any atom is 0.324 e. The van der Waals surface area contributed by atoms with E-state index < -0.39 is 11.5 Å². The Balaban J connectivity index is 1.98. The zero-order valence-electron chi connectivity index (χ0n) is 12.3. The van der Waals surface area contributed by atoms with Crippen LogP contribution in [0.5, 0.6) is 0 Å². The van der Waals surface area contributed by atoms with Crippen molar-refractivity contribution in [2.24, 2.45) is 5.92 Å². The third-order valence-electron chi connectivity index (χ3n) is 4.93. The molecule has 0 saturated heterocycles. The molecule has 0 radical (unpaired) electrons. The molecule has 2 unspecified atom stereocenters. The van der Waals surface area contributed by atoms with Crippen LogP contribution in [0.15, 0.2) is 0 Å². The smallest absolute Gasteiger partial charge is 0.324 e. The Morgan fingerprint density at radius 3 is 2.53 bits per heavy atom. The molecule has 2 saturated carbocycles. The highest BCUT2D eigenvalue weighted by Crippen LogP contribution is 2.40. The van der Waals surface area contributed by atoms with Crippen molar-refractivity contribution in [3.05, 3.63) is 0 Å². The first-order valence-electron chi connectivity index (χ1n) is 7.85. The molecule has 2 fully saturated rings. The molecule has 0 spiro atoms. The van der Waals surface area contributed by atoms with Crippen LogP contribution in [0.2, 0.25) is 0 Å². The fraction of sp³-hybridized carbons (Fsp3) is 0.933. The van der Waals surface area contributed by atoms with Crippen LogP contribution in [0.4, 0.5) is 0 Å². The van der Waals surface area contributed by atoms with Crippen LogP contribution in [0.1, 0.15) is 52.4 Å². The van der Waals surface area contributed by atoms with Crippen molar-refractivity contribution < 1.29 is 9.90 Å². The van der Waals surface area contributed by atoms with Gasteiger partial charge in [0.25, 0.3) is 0 Å². The molecule has 4 nitrogen and oxygen atoms in total. The van der Waals surface area contributed by atoms with Gasteiger partial charge in [-0.2, -0.15) is 0 Å². The van der Waals surface area contributed by atoms with Gasteiger partial charge in [0.1, 0.15) is 5.54 Å². The lowest BCUT2D eigenvalue weighted by molar-refractivity contribution is -0.147. The van der Waals surface area contributed by atoms with Crippen LogP contribution < -0.4 is 5.32 Å². The van der Waals surface area contributed by atoms with Crippen LogP contribution in [-0.2, 0) is 4.79 Å². The second-order valence-electron chi connectivity index (χ2n) is 6.10. The number of carbonyl (C=O) groups is 1. The number of hydrogen-bond donors (Lipinski definition) is 2. The van der Waals surface area contributed by atoms with Gasteiger partial charge in [-0.25, -0.2) is 0 Å². The van der Waals surface area contributed by atoms with Gasteiger partial charge in [0.15, 0.2) is 0 Å². The number of nitrogens with one attached hydrogen (secondary N) is 1. The molecule has 0 aromatic heterocycles. The minimum atomic E-state index is -0.631. The standard InChI is InChI=1S/C15H28N2O2/c1-3-17(4-2)11-9-12-6-5-10-15(12,14(18)19)16-13-7-8-13/h12-13,16H,3-11H2,1-2H3,(H,18,19). The summed E-state index contributed by atoms with van der Waals surface area (Å²) in [5.74, 6) is -0.326. The predicted molar refractivity (Wildman–Crippen MR) is 76.3 cm³/mol. The van der Waals surface area contributed by atoms with Crippen LogP contribution in [0.25, 0.3) is 0 Å². The third kappa shape index (κ3) is 3.29. The Morgan fingerprint density at radius 2 is 2.00 bits per heavy atom. The van der Waals surface area contributed by atoms with E-state index in [-0.39, 0.29) is 0 Å². The lowest BCUT2D eigenvalue weighted by atomic mass is 9.84. The average Bonchev–Trinajstić information content (AvgIpc) is 3.10. The Labute approximate surface area is 116 Å². The molecule has 0 aromatic rings. The summed E-state index contributed by atoms with van der Waals surface area (Å²) in [6.07, 6.45) is 6.23. The number of aliphatic carboxylic acids is 1. The van der Waals surface area contributed by atoms with Crippen molar-refractivity contribution in [1.82, 2.24) is 10.2 Å². The zero-order chi connectivity index (χ0) is 13.9. The van der Waals surface area contributed by atoms with Gasteiger partial charge in [0.05, 0.1) is 0 Å². The van der Waals surface area contributed by atoms with E-state index in [2.05, 4.69) is 24.1 Å². The summed E-state index contributed by atoms with van der Waals surface area (Å²) in [4.78, 5) is 14.2. The first kappa shape index (κ1) is 14.8. The fourth-order valence-electron chi connectivity index (χ4n) is 3.47. The summed E-state index contributed by atoms with van der Waals surface area (Å²) >= 11 is 0. The first-order valence-corrected chi connectivity index (χ1v) is 7.85. The quantitative estimate of drug-likeness (QED) is 0.708. The van der Waals surface area contributed by atoms with E-state index in [0.29, 0.717) is 12.0 Å². The molecule has 0 heterocycles. The van der Waals surface area contributed by atoms with Gasteiger partial charge in [-0.3, -0.25) is 10.1 Å². The highest BCUT2D eigenvalue weighted by molar-refractivity contribution is 5.80. The summed E-state index contributed by atoms with van der Waals surface area (Å²) in [5, 5.41) is 13.2. The number of rotatable bonds is 8. The Hall–Kier alpha value is -0.610. The van der Waals surface area contributed by atoms with Crippen LogP contribution in [0, 0.1) is 5.92 Å². The number of carboxylic acids is 1. The SMILES string of the molecule is CCN(CC)CCC1CCCC1(NC1CC1)C(=O)O. The highest BCUT2D eigenvalue weighted by Gasteiger charge is 2.51. The Morgan fingerprint density at radius 1 is 1.32 bits per heavy atom. The first-order chi connectivity index (χ1) is 9.12. The lowest BCUT2D eigenvalue weighted by Gasteiger charge is -2.34. The molecule has 2 aliphatic carbocycles. The molecule has 0 aliphatic heterocycles. The van der Waals surface area contributed by atoms with Gasteiger partial charge in [-0.15, -0.1) is 0 Å². The summed E-state index contributed by atoms with van der Waals surface area (Å²) in [5.41, 5.74) is -0.631. The molecule has 110 valence electrons. The Kier molecular flexibility index (Phi) is 4.85. The molecule has 0 bridgehead atoms. The second-order valence-corrected chi connectivity index (χ2v) is 6.10. The summed E-state index contributed by atoms with van der Waals surface area (Å²) in [7, 11) is 0. The normalized spacial score (nSPS) is 31.0. The molecule has 2 rings (SSSR count). The topological polar surface area (TPSA) is 52.6 Å². The maximum absolute atomic E-state index is 11.8. The largest absolute Gasteiger partial charge is 0.480 e. The zero-order valence-corrected chi connectivity index (χ0v) is 12.3. The summed E-state index contributed by atoms with van der Waals surface area (Å²) in [6.45, 7) is 7.48. The molecule has 0 aromatic carbocycles. The number of carboxylic acid groups (broad SMARTS) is 1. The van der Waals surface area contributed by atoms with E-state index in [9.17, 15) is 9.90 Å². The van der Waals surface area contributed by atoms with Crippen LogP contribution >= 0.6 is 0 Å². The second kappa shape index (κ2) is 6.23. The van der Waals surface area contributed by atoms with Gasteiger partial charge in [-0.1, -0.05) is 20.3 Å². The molecule has 2 N–H and O–H groups in total. The molecule has 2 aliphatic rings. The van der Waals surface area contributed by atoms with E-state index in [1.165, 1.54) is 0 Å². The summed E-state index contributed by atoms with van der Waals surface area (Å²) in [6, 6.07) is 0.463.